The third-order valence-electron chi connectivity index (χ3n) is 3.65. The van der Waals surface area contributed by atoms with Crippen molar-refractivity contribution in [2.45, 2.75) is 31.0 Å². The van der Waals surface area contributed by atoms with E-state index < -0.39 is 17.2 Å². The smallest absolute Gasteiger partial charge is 0.318 e. The molecule has 3 heterocycles. The molecule has 3 aromatic rings. The fourth-order valence-electron chi connectivity index (χ4n) is 2.52. The van der Waals surface area contributed by atoms with E-state index in [2.05, 4.69) is 26.7 Å². The molecule has 3 rings (SSSR count). The van der Waals surface area contributed by atoms with Gasteiger partial charge in [0.15, 0.2) is 0 Å². The summed E-state index contributed by atoms with van der Waals surface area (Å²) in [7, 11) is 0. The Kier molecular flexibility index (Phi) is 5.59. The van der Waals surface area contributed by atoms with Crippen LogP contribution in [0.4, 0.5) is 4.79 Å². The summed E-state index contributed by atoms with van der Waals surface area (Å²) in [6, 6.07) is 3.21. The Balaban J connectivity index is 2.07. The van der Waals surface area contributed by atoms with E-state index in [9.17, 15) is 9.59 Å². The van der Waals surface area contributed by atoms with Crippen molar-refractivity contribution >= 4 is 56.6 Å². The number of primary amides is 1. The van der Waals surface area contributed by atoms with Crippen LogP contribution in [0, 0.1) is 12.8 Å². The van der Waals surface area contributed by atoms with Crippen LogP contribution >= 0.6 is 34.4 Å². The lowest BCUT2D eigenvalue weighted by Gasteiger charge is -2.19. The van der Waals surface area contributed by atoms with Crippen molar-refractivity contribution in [3.63, 3.8) is 0 Å². The molecule has 26 heavy (non-hydrogen) atoms. The van der Waals surface area contributed by atoms with Gasteiger partial charge in [0, 0.05) is 15.8 Å². The van der Waals surface area contributed by atoms with Gasteiger partial charge in [-0.1, -0.05) is 31.7 Å². The van der Waals surface area contributed by atoms with Gasteiger partial charge in [-0.25, -0.2) is 14.8 Å². The summed E-state index contributed by atoms with van der Waals surface area (Å²) < 4.78 is 0. The van der Waals surface area contributed by atoms with E-state index in [1.54, 1.807) is 22.7 Å². The van der Waals surface area contributed by atoms with Crippen molar-refractivity contribution in [2.75, 3.05) is 0 Å². The predicted octanol–water partition coefficient (Wildman–Crippen LogP) is 4.04. The molecule has 0 aliphatic heterocycles. The van der Waals surface area contributed by atoms with Gasteiger partial charge < -0.3 is 5.73 Å². The standard InChI is InChI=1S/C17H18N4O2S3/c1-8(2)13(14(22)21-17(18)23)26-16-12-10(11-5-4-6-24-11)7-25-15(12)19-9(3)20-16/h4-8,13H,1-3H3,(H3,18,21,22,23)/t13-/m1/s1. The van der Waals surface area contributed by atoms with Gasteiger partial charge in [0.2, 0.25) is 5.91 Å². The molecule has 0 aliphatic rings. The Hall–Kier alpha value is -1.97. The van der Waals surface area contributed by atoms with Crippen molar-refractivity contribution in [3.05, 3.63) is 28.7 Å². The SMILES string of the molecule is Cc1nc(S[C@@H](C(=O)NC(N)=O)C(C)C)c2c(-c3cccs3)csc2n1. The summed E-state index contributed by atoms with van der Waals surface area (Å²) in [5.74, 6) is 0.237. The molecular formula is C17H18N4O2S3. The first-order valence-corrected chi connectivity index (χ1v) is 10.6. The van der Waals surface area contributed by atoms with Gasteiger partial charge in [-0.2, -0.15) is 0 Å². The molecule has 3 amide bonds. The number of hydrogen-bond acceptors (Lipinski definition) is 7. The normalized spacial score (nSPS) is 12.5. The van der Waals surface area contributed by atoms with Crippen LogP contribution in [0.1, 0.15) is 19.7 Å². The molecule has 3 aromatic heterocycles. The number of hydrogen-bond donors (Lipinski definition) is 2. The van der Waals surface area contributed by atoms with Crippen LogP contribution in [-0.4, -0.2) is 27.2 Å². The van der Waals surface area contributed by atoms with Crippen molar-refractivity contribution in [1.82, 2.24) is 15.3 Å². The number of amides is 3. The van der Waals surface area contributed by atoms with Crippen LogP contribution in [0.3, 0.4) is 0 Å². The van der Waals surface area contributed by atoms with Gasteiger partial charge in [0.1, 0.15) is 15.7 Å². The first kappa shape index (κ1) is 18.8. The van der Waals surface area contributed by atoms with E-state index in [1.807, 2.05) is 32.2 Å². The zero-order chi connectivity index (χ0) is 18.8. The minimum absolute atomic E-state index is 0.00602. The van der Waals surface area contributed by atoms with Crippen molar-refractivity contribution in [1.29, 1.82) is 0 Å². The maximum absolute atomic E-state index is 12.4. The summed E-state index contributed by atoms with van der Waals surface area (Å²) in [6.07, 6.45) is 0. The number of aromatic nitrogens is 2. The number of fused-ring (bicyclic) bond motifs is 1. The number of thiophene rings is 2. The quantitative estimate of drug-likeness (QED) is 0.492. The molecule has 3 N–H and O–H groups in total. The monoisotopic (exact) mass is 406 g/mol. The number of thioether (sulfide) groups is 1. The van der Waals surface area contributed by atoms with Crippen LogP contribution in [0.5, 0.6) is 0 Å². The zero-order valence-corrected chi connectivity index (χ0v) is 16.9. The molecule has 0 unspecified atom stereocenters. The van der Waals surface area contributed by atoms with E-state index in [1.165, 1.54) is 11.8 Å². The average molecular weight is 407 g/mol. The Morgan fingerprint density at radius 3 is 2.65 bits per heavy atom. The molecular weight excluding hydrogens is 388 g/mol. The van der Waals surface area contributed by atoms with E-state index in [4.69, 9.17) is 5.73 Å². The highest BCUT2D eigenvalue weighted by atomic mass is 32.2. The molecule has 0 aromatic carbocycles. The fraction of sp³-hybridized carbons (Fsp3) is 0.294. The third-order valence-corrected chi connectivity index (χ3v) is 6.95. The van der Waals surface area contributed by atoms with E-state index >= 15 is 0 Å². The highest BCUT2D eigenvalue weighted by Crippen LogP contribution is 2.41. The topological polar surface area (TPSA) is 98.0 Å². The summed E-state index contributed by atoms with van der Waals surface area (Å²) in [4.78, 5) is 34.6. The van der Waals surface area contributed by atoms with Gasteiger partial charge >= 0.3 is 6.03 Å². The first-order valence-electron chi connectivity index (χ1n) is 7.93. The summed E-state index contributed by atoms with van der Waals surface area (Å²) in [6.45, 7) is 5.69. The van der Waals surface area contributed by atoms with E-state index in [-0.39, 0.29) is 5.92 Å². The lowest BCUT2D eigenvalue weighted by molar-refractivity contribution is -0.120. The molecule has 0 aliphatic carbocycles. The predicted molar refractivity (Wildman–Crippen MR) is 108 cm³/mol. The summed E-state index contributed by atoms with van der Waals surface area (Å²) in [5, 5.41) is 7.49. The second kappa shape index (κ2) is 7.73. The number of carbonyl (C=O) groups excluding carboxylic acids is 2. The number of aryl methyl sites for hydroxylation is 1. The summed E-state index contributed by atoms with van der Waals surface area (Å²) >= 11 is 4.56. The van der Waals surface area contributed by atoms with E-state index in [0.29, 0.717) is 5.82 Å². The molecule has 0 bridgehead atoms. The number of carbonyl (C=O) groups is 2. The maximum Gasteiger partial charge on any atom is 0.318 e. The second-order valence-electron chi connectivity index (χ2n) is 6.02. The van der Waals surface area contributed by atoms with Crippen molar-refractivity contribution in [2.24, 2.45) is 11.7 Å². The minimum atomic E-state index is -0.847. The Morgan fingerprint density at radius 1 is 1.27 bits per heavy atom. The number of urea groups is 1. The minimum Gasteiger partial charge on any atom is -0.351 e. The molecule has 0 radical (unpaired) electrons. The molecule has 6 nitrogen and oxygen atoms in total. The number of rotatable bonds is 5. The van der Waals surface area contributed by atoms with Gasteiger partial charge in [0.25, 0.3) is 0 Å². The number of nitrogens with two attached hydrogens (primary N) is 1. The number of nitrogens with one attached hydrogen (secondary N) is 1. The average Bonchev–Trinajstić information content (AvgIpc) is 3.19. The Bertz CT molecular complexity index is 950. The number of nitrogens with zero attached hydrogens (tertiary/aromatic N) is 2. The van der Waals surface area contributed by atoms with Gasteiger partial charge in [-0.3, -0.25) is 10.1 Å². The van der Waals surface area contributed by atoms with E-state index in [0.717, 1.165) is 25.7 Å². The lowest BCUT2D eigenvalue weighted by atomic mass is 10.1. The molecule has 136 valence electrons. The molecule has 0 saturated heterocycles. The molecule has 9 heteroatoms. The molecule has 0 spiro atoms. The Labute approximate surface area is 163 Å². The highest BCUT2D eigenvalue weighted by Gasteiger charge is 2.27. The van der Waals surface area contributed by atoms with Crippen LogP contribution in [0.15, 0.2) is 27.9 Å². The zero-order valence-electron chi connectivity index (χ0n) is 14.5. The largest absolute Gasteiger partial charge is 0.351 e. The first-order chi connectivity index (χ1) is 12.4. The second-order valence-corrected chi connectivity index (χ2v) is 8.95. The lowest BCUT2D eigenvalue weighted by Crippen LogP contribution is -2.42. The highest BCUT2D eigenvalue weighted by molar-refractivity contribution is 8.00. The van der Waals surface area contributed by atoms with Crippen LogP contribution in [0.2, 0.25) is 0 Å². The van der Waals surface area contributed by atoms with Crippen molar-refractivity contribution < 1.29 is 9.59 Å². The fourth-order valence-corrected chi connectivity index (χ4v) is 5.57. The van der Waals surface area contributed by atoms with Crippen LogP contribution < -0.4 is 11.1 Å². The third kappa shape index (κ3) is 3.89. The number of imide groups is 1. The van der Waals surface area contributed by atoms with Gasteiger partial charge in [-0.05, 0) is 24.3 Å². The van der Waals surface area contributed by atoms with Crippen molar-refractivity contribution in [3.8, 4) is 10.4 Å². The summed E-state index contributed by atoms with van der Waals surface area (Å²) in [5.41, 5.74) is 6.18. The van der Waals surface area contributed by atoms with Gasteiger partial charge in [0.05, 0.1) is 10.6 Å². The molecule has 0 saturated carbocycles. The van der Waals surface area contributed by atoms with Gasteiger partial charge in [-0.15, -0.1) is 22.7 Å². The van der Waals surface area contributed by atoms with Crippen LogP contribution in [-0.2, 0) is 4.79 Å². The Morgan fingerprint density at radius 2 is 2.04 bits per heavy atom. The maximum atomic E-state index is 12.4. The molecule has 1 atom stereocenters. The molecule has 0 fully saturated rings. The van der Waals surface area contributed by atoms with Crippen LogP contribution in [0.25, 0.3) is 20.7 Å².